The van der Waals surface area contributed by atoms with Crippen LogP contribution in [0.25, 0.3) is 32.7 Å². The minimum absolute atomic E-state index is 0. The largest absolute Gasteiger partial charge is 0.439 e. The maximum atomic E-state index is 13.7. The summed E-state index contributed by atoms with van der Waals surface area (Å²) in [5.41, 5.74) is 2.15. The van der Waals surface area contributed by atoms with E-state index in [2.05, 4.69) is 10.1 Å². The fourth-order valence-electron chi connectivity index (χ4n) is 4.79. The molecular weight excluding hydrogens is 568 g/mol. The van der Waals surface area contributed by atoms with Crippen molar-refractivity contribution in [2.45, 2.75) is 58.7 Å². The van der Waals surface area contributed by atoms with E-state index >= 15 is 0 Å². The van der Waals surface area contributed by atoms with Gasteiger partial charge in [-0.2, -0.15) is 0 Å². The molecule has 3 heterocycles. The number of H-pyrrole nitrogens is 1. The van der Waals surface area contributed by atoms with Crippen molar-refractivity contribution in [3.8, 4) is 22.5 Å². The maximum Gasteiger partial charge on any atom is 0.439 e. The van der Waals surface area contributed by atoms with Gasteiger partial charge in [0.1, 0.15) is 4.83 Å². The summed E-state index contributed by atoms with van der Waals surface area (Å²) in [4.78, 5) is 43.1. The van der Waals surface area contributed by atoms with Crippen LogP contribution in [0.4, 0.5) is 0 Å². The number of aromatic amines is 1. The normalized spacial score (nSPS) is 14.2. The zero-order valence-corrected chi connectivity index (χ0v) is 27.4. The number of hydrogen-bond donors (Lipinski definition) is 2. The number of thiophene rings is 1. The first kappa shape index (κ1) is 30.1. The van der Waals surface area contributed by atoms with Crippen molar-refractivity contribution in [3.05, 3.63) is 96.4 Å². The third-order valence-electron chi connectivity index (χ3n) is 7.48. The summed E-state index contributed by atoms with van der Waals surface area (Å²) in [5.74, 6) is 0.183. The molecule has 0 saturated heterocycles. The molecule has 1 atom stereocenters. The van der Waals surface area contributed by atoms with Gasteiger partial charge in [0.05, 0.1) is 24.6 Å². The van der Waals surface area contributed by atoms with Gasteiger partial charge < -0.3 is 5.11 Å². The summed E-state index contributed by atoms with van der Waals surface area (Å²) in [6, 6.07) is 17.3. The molecule has 0 spiro atoms. The molecule has 41 heavy (non-hydrogen) atoms. The fraction of sp³-hybridized carbons (Fsp3) is 0.333. The molecule has 1 aliphatic carbocycles. The summed E-state index contributed by atoms with van der Waals surface area (Å²) in [6.07, 6.45) is 1.34. The Morgan fingerprint density at radius 2 is 1.73 bits per heavy atom. The number of aliphatic hydroxyl groups excluding tert-OH is 1. The fourth-order valence-corrected chi connectivity index (χ4v) is 6.11. The third-order valence-corrected chi connectivity index (χ3v) is 8.80. The molecule has 11 heteroatoms. The number of nitrogens with zero attached hydrogens (tertiary/aromatic N) is 3. The Bertz CT molecular complexity index is 1890. The molecule has 6 rings (SSSR count). The van der Waals surface area contributed by atoms with Gasteiger partial charge in [-0.15, -0.1) is 11.3 Å². The molecule has 2 aromatic carbocycles. The Balaban J connectivity index is 0.00000337. The molecule has 207 valence electrons. The average molecular weight is 598 g/mol. The van der Waals surface area contributed by atoms with E-state index in [4.69, 9.17) is 4.52 Å². The van der Waals surface area contributed by atoms with Gasteiger partial charge in [0, 0.05) is 61.8 Å². The van der Waals surface area contributed by atoms with E-state index in [1.165, 1.54) is 15.9 Å². The van der Waals surface area contributed by atoms with Gasteiger partial charge in [0.2, 0.25) is 0 Å². The van der Waals surface area contributed by atoms with Crippen LogP contribution in [0.2, 0.25) is 0 Å². The minimum atomic E-state index is -0.857. The second kappa shape index (κ2) is 11.7. The molecule has 9 nitrogen and oxygen atoms in total. The van der Waals surface area contributed by atoms with Crippen molar-refractivity contribution < 1.29 is 9.63 Å². The van der Waals surface area contributed by atoms with E-state index in [0.29, 0.717) is 22.0 Å². The second-order valence-corrected chi connectivity index (χ2v) is 12.6. The Morgan fingerprint density at radius 3 is 2.34 bits per heavy atom. The van der Waals surface area contributed by atoms with E-state index in [0.717, 1.165) is 40.0 Å². The Labute approximate surface area is 282 Å². The van der Waals surface area contributed by atoms with Gasteiger partial charge in [0.15, 0.2) is 5.82 Å². The summed E-state index contributed by atoms with van der Waals surface area (Å²) in [6.45, 7) is 5.87. The second-order valence-electron chi connectivity index (χ2n) is 11.5. The van der Waals surface area contributed by atoms with Gasteiger partial charge in [-0.3, -0.25) is 23.4 Å². The number of benzene rings is 2. The number of nitrogens with one attached hydrogen (secondary N) is 1. The smallest absolute Gasteiger partial charge is 0.391 e. The van der Waals surface area contributed by atoms with Crippen molar-refractivity contribution in [3.63, 3.8) is 0 Å². The van der Waals surface area contributed by atoms with Crippen LogP contribution in [-0.2, 0) is 13.1 Å². The molecule has 0 amide bonds. The van der Waals surface area contributed by atoms with Crippen molar-refractivity contribution in [2.24, 2.45) is 5.41 Å². The topological polar surface area (TPSA) is 123 Å². The Hall–Kier alpha value is -2.38. The molecule has 1 fully saturated rings. The first-order valence-electron chi connectivity index (χ1n) is 13.3. The van der Waals surface area contributed by atoms with Crippen LogP contribution in [-0.4, -0.2) is 81.9 Å². The van der Waals surface area contributed by atoms with E-state index in [9.17, 15) is 19.5 Å². The first-order chi connectivity index (χ1) is 19.1. The van der Waals surface area contributed by atoms with Gasteiger partial charge in [0.25, 0.3) is 5.56 Å². The van der Waals surface area contributed by atoms with Gasteiger partial charge in [-0.1, -0.05) is 74.5 Å². The number of fused-ring (bicyclic) bond motifs is 1. The van der Waals surface area contributed by atoms with Crippen LogP contribution in [0.5, 0.6) is 0 Å². The zero-order chi connectivity index (χ0) is 28.2. The molecule has 1 aliphatic rings. The van der Waals surface area contributed by atoms with Gasteiger partial charge in [-0.25, -0.2) is 9.59 Å². The maximum absolute atomic E-state index is 13.7. The van der Waals surface area contributed by atoms with Crippen LogP contribution in [0, 0.1) is 5.41 Å². The Kier molecular flexibility index (Phi) is 8.60. The van der Waals surface area contributed by atoms with E-state index in [-0.39, 0.29) is 70.0 Å². The summed E-state index contributed by atoms with van der Waals surface area (Å²) in [5, 5.41) is 15.1. The van der Waals surface area contributed by atoms with E-state index < -0.39 is 23.0 Å². The standard InChI is InChI=1S/C30H30N4O5S.K/c1-30(2,3)24(35)16-33-26(36)22-14-23(19-12-13-19)40-27(22)34(29(33)38)15-17-8-10-18(11-9-17)20-6-4-5-7-21(20)25-31-28(37)39-32-25;/h4-11,14,19,24,35H,12-13,15-16H2,1-3H3,(H,31,32,37);. The molecule has 5 aromatic rings. The summed E-state index contributed by atoms with van der Waals surface area (Å²) < 4.78 is 7.53. The predicted octanol–water partition coefficient (Wildman–Crippen LogP) is 4.19. The molecule has 2 N–H and O–H groups in total. The number of aromatic nitrogens is 4. The number of rotatable bonds is 7. The first-order valence-corrected chi connectivity index (χ1v) is 14.1. The monoisotopic (exact) mass is 597 g/mol. The minimum Gasteiger partial charge on any atom is -0.391 e. The molecule has 0 aliphatic heterocycles. The van der Waals surface area contributed by atoms with Crippen LogP contribution in [0.3, 0.4) is 0 Å². The Morgan fingerprint density at radius 1 is 1.05 bits per heavy atom. The summed E-state index contributed by atoms with van der Waals surface area (Å²) >= 11 is 1.52. The molecule has 1 unspecified atom stereocenters. The molecular formula is C30H30KN4O5S. The number of aliphatic hydroxyl groups is 1. The molecule has 0 bridgehead atoms. The summed E-state index contributed by atoms with van der Waals surface area (Å²) in [7, 11) is 0. The third kappa shape index (κ3) is 6.08. The van der Waals surface area contributed by atoms with Crippen LogP contribution in [0.15, 0.2) is 73.5 Å². The quantitative estimate of drug-likeness (QED) is 0.271. The van der Waals surface area contributed by atoms with E-state index in [1.807, 2.05) is 75.4 Å². The molecule has 1 saturated carbocycles. The zero-order valence-electron chi connectivity index (χ0n) is 23.5. The van der Waals surface area contributed by atoms with E-state index in [1.54, 1.807) is 4.57 Å². The van der Waals surface area contributed by atoms with Crippen LogP contribution in [0.1, 0.15) is 50.0 Å². The van der Waals surface area contributed by atoms with Crippen LogP contribution >= 0.6 is 11.3 Å². The molecule has 1 radical (unpaired) electrons. The van der Waals surface area contributed by atoms with Crippen molar-refractivity contribution >= 4 is 72.9 Å². The number of hydrogen-bond acceptors (Lipinski definition) is 7. The van der Waals surface area contributed by atoms with Crippen molar-refractivity contribution in [2.75, 3.05) is 0 Å². The van der Waals surface area contributed by atoms with Crippen molar-refractivity contribution in [1.82, 2.24) is 19.3 Å². The SMILES string of the molecule is CC(C)(C)C(O)Cn1c(=O)c2cc(C3CC3)sc2n(Cc2ccc(-c3ccccc3-c3noc(=O)[nH]3)cc2)c1=O.[K]. The average Bonchev–Trinajstić information content (AvgIpc) is 3.54. The van der Waals surface area contributed by atoms with Crippen molar-refractivity contribution in [1.29, 1.82) is 0 Å². The molecule has 3 aromatic heterocycles. The van der Waals surface area contributed by atoms with Crippen LogP contribution < -0.4 is 17.0 Å². The van der Waals surface area contributed by atoms with Gasteiger partial charge in [-0.05, 0) is 46.9 Å². The van der Waals surface area contributed by atoms with Gasteiger partial charge >= 0.3 is 11.4 Å². The predicted molar refractivity (Wildman–Crippen MR) is 161 cm³/mol.